The quantitative estimate of drug-likeness (QED) is 0.858. The summed E-state index contributed by atoms with van der Waals surface area (Å²) in [6.45, 7) is 2.49. The average molecular weight is 324 g/mol. The first kappa shape index (κ1) is 15.6. The number of hydrogen-bond acceptors (Lipinski definition) is 6. The molecule has 0 saturated carbocycles. The Hall–Kier alpha value is -2.32. The number of piperidine rings is 1. The van der Waals surface area contributed by atoms with Gasteiger partial charge in [0.1, 0.15) is 11.6 Å². The Bertz CT molecular complexity index is 660. The van der Waals surface area contributed by atoms with E-state index in [0.717, 1.165) is 37.6 Å². The molecule has 0 bridgehead atoms. The first-order chi connectivity index (χ1) is 11.0. The highest BCUT2D eigenvalue weighted by molar-refractivity contribution is 5.39. The molecular formula is C14H18F2N6O. The maximum atomic E-state index is 12.1. The van der Waals surface area contributed by atoms with Crippen LogP contribution in [0, 0.1) is 13.8 Å². The molecule has 1 aliphatic heterocycles. The largest absolute Gasteiger partial charge is 0.415 e. The highest BCUT2D eigenvalue weighted by atomic mass is 19.3. The van der Waals surface area contributed by atoms with E-state index in [1.807, 2.05) is 18.5 Å². The molecule has 1 aliphatic rings. The number of alkyl halides is 2. The maximum Gasteiger partial charge on any atom is 0.388 e. The molecule has 0 spiro atoms. The van der Waals surface area contributed by atoms with Crippen LogP contribution in [0.15, 0.2) is 12.1 Å². The summed E-state index contributed by atoms with van der Waals surface area (Å²) < 4.78 is 30.4. The van der Waals surface area contributed by atoms with E-state index in [1.54, 1.807) is 6.07 Å². The van der Waals surface area contributed by atoms with Crippen LogP contribution in [-0.4, -0.2) is 44.7 Å². The molecule has 0 amide bonds. The third-order valence-electron chi connectivity index (χ3n) is 3.81. The van der Waals surface area contributed by atoms with Crippen LogP contribution in [0.4, 0.5) is 14.6 Å². The smallest absolute Gasteiger partial charge is 0.388 e. The second-order valence-corrected chi connectivity index (χ2v) is 5.50. The van der Waals surface area contributed by atoms with Gasteiger partial charge in [0.25, 0.3) is 0 Å². The molecule has 0 aliphatic carbocycles. The zero-order valence-electron chi connectivity index (χ0n) is 13.0. The van der Waals surface area contributed by atoms with E-state index in [0.29, 0.717) is 5.82 Å². The van der Waals surface area contributed by atoms with Gasteiger partial charge in [0.2, 0.25) is 5.88 Å². The van der Waals surface area contributed by atoms with E-state index < -0.39 is 6.61 Å². The van der Waals surface area contributed by atoms with Gasteiger partial charge in [-0.05, 0) is 32.8 Å². The van der Waals surface area contributed by atoms with Gasteiger partial charge < -0.3 is 9.64 Å². The Labute approximate surface area is 132 Å². The third kappa shape index (κ3) is 3.54. The molecule has 23 heavy (non-hydrogen) atoms. The third-order valence-corrected chi connectivity index (χ3v) is 3.81. The molecule has 2 aromatic heterocycles. The minimum Gasteiger partial charge on any atom is -0.415 e. The summed E-state index contributed by atoms with van der Waals surface area (Å²) in [5.41, 5.74) is 0. The predicted octanol–water partition coefficient (Wildman–Crippen LogP) is 2.13. The van der Waals surface area contributed by atoms with Crippen molar-refractivity contribution in [2.75, 3.05) is 18.0 Å². The van der Waals surface area contributed by atoms with Crippen LogP contribution in [0.1, 0.15) is 30.5 Å². The van der Waals surface area contributed by atoms with E-state index >= 15 is 0 Å². The first-order valence-corrected chi connectivity index (χ1v) is 7.46. The van der Waals surface area contributed by atoms with Gasteiger partial charge in [-0.25, -0.2) is 9.67 Å². The van der Waals surface area contributed by atoms with Gasteiger partial charge in [0, 0.05) is 19.2 Å². The summed E-state index contributed by atoms with van der Waals surface area (Å²) in [6, 6.07) is 3.26. The minimum absolute atomic E-state index is 0.181. The molecule has 1 saturated heterocycles. The summed E-state index contributed by atoms with van der Waals surface area (Å²) in [7, 11) is 0. The molecule has 1 fully saturated rings. The summed E-state index contributed by atoms with van der Waals surface area (Å²) in [4.78, 5) is 6.41. The van der Waals surface area contributed by atoms with Gasteiger partial charge in [-0.2, -0.15) is 13.9 Å². The van der Waals surface area contributed by atoms with Crippen molar-refractivity contribution in [2.45, 2.75) is 39.3 Å². The van der Waals surface area contributed by atoms with Gasteiger partial charge in [-0.3, -0.25) is 0 Å². The van der Waals surface area contributed by atoms with Crippen molar-refractivity contribution in [1.82, 2.24) is 25.0 Å². The predicted molar refractivity (Wildman–Crippen MR) is 78.6 cm³/mol. The normalized spacial score (nSPS) is 18.5. The minimum atomic E-state index is -2.90. The van der Waals surface area contributed by atoms with Crippen molar-refractivity contribution in [1.29, 1.82) is 0 Å². The van der Waals surface area contributed by atoms with Crippen molar-refractivity contribution >= 4 is 5.82 Å². The fourth-order valence-electron chi connectivity index (χ4n) is 2.88. The number of ether oxygens (including phenoxy) is 1. The van der Waals surface area contributed by atoms with Crippen LogP contribution in [0.2, 0.25) is 0 Å². The van der Waals surface area contributed by atoms with Crippen molar-refractivity contribution < 1.29 is 13.5 Å². The SMILES string of the molecule is Cc1nc(C)n(C2CCCN(c3ccc(OC(F)F)nn3)C2)n1. The Kier molecular flexibility index (Phi) is 4.35. The molecular weight excluding hydrogens is 306 g/mol. The molecule has 124 valence electrons. The molecule has 7 nitrogen and oxygen atoms in total. The van der Waals surface area contributed by atoms with Gasteiger partial charge >= 0.3 is 6.61 Å². The van der Waals surface area contributed by atoms with Crippen molar-refractivity contribution in [3.8, 4) is 5.88 Å². The van der Waals surface area contributed by atoms with Crippen molar-refractivity contribution in [3.63, 3.8) is 0 Å². The Morgan fingerprint density at radius 2 is 2.09 bits per heavy atom. The molecule has 0 aromatic carbocycles. The van der Waals surface area contributed by atoms with Gasteiger partial charge in [0.15, 0.2) is 5.82 Å². The second-order valence-electron chi connectivity index (χ2n) is 5.50. The number of nitrogens with zero attached hydrogens (tertiary/aromatic N) is 6. The summed E-state index contributed by atoms with van der Waals surface area (Å²) >= 11 is 0. The molecule has 3 rings (SSSR count). The topological polar surface area (TPSA) is 69.0 Å². The summed E-state index contributed by atoms with van der Waals surface area (Å²) in [5.74, 6) is 2.11. The van der Waals surface area contributed by atoms with Crippen LogP contribution >= 0.6 is 0 Å². The van der Waals surface area contributed by atoms with E-state index in [-0.39, 0.29) is 11.9 Å². The molecule has 1 atom stereocenters. The highest BCUT2D eigenvalue weighted by Crippen LogP contribution is 2.25. The van der Waals surface area contributed by atoms with E-state index in [4.69, 9.17) is 0 Å². The number of halogens is 2. The fourth-order valence-corrected chi connectivity index (χ4v) is 2.88. The maximum absolute atomic E-state index is 12.1. The Balaban J connectivity index is 1.72. The summed E-state index contributed by atoms with van der Waals surface area (Å²) in [6.07, 6.45) is 2.00. The van der Waals surface area contributed by atoms with Gasteiger partial charge in [-0.1, -0.05) is 0 Å². The molecule has 2 aromatic rings. The number of hydrogen-bond donors (Lipinski definition) is 0. The zero-order chi connectivity index (χ0) is 16.4. The van der Waals surface area contributed by atoms with Crippen LogP contribution < -0.4 is 9.64 Å². The molecule has 1 unspecified atom stereocenters. The lowest BCUT2D eigenvalue weighted by molar-refractivity contribution is -0.0534. The average Bonchev–Trinajstić information content (AvgIpc) is 2.86. The lowest BCUT2D eigenvalue weighted by atomic mass is 10.1. The Morgan fingerprint density at radius 1 is 1.26 bits per heavy atom. The molecule has 0 radical (unpaired) electrons. The highest BCUT2D eigenvalue weighted by Gasteiger charge is 2.24. The standard InChI is InChI=1S/C14H18F2N6O/c1-9-17-10(2)22(20-9)11-4-3-7-21(8-11)12-5-6-13(19-18-12)23-14(15)16/h5-6,11,14H,3-4,7-8H2,1-2H3. The number of aromatic nitrogens is 5. The van der Waals surface area contributed by atoms with E-state index in [9.17, 15) is 8.78 Å². The number of rotatable bonds is 4. The molecule has 9 heteroatoms. The monoisotopic (exact) mass is 324 g/mol. The van der Waals surface area contributed by atoms with Crippen molar-refractivity contribution in [2.24, 2.45) is 0 Å². The lowest BCUT2D eigenvalue weighted by Gasteiger charge is -2.33. The Morgan fingerprint density at radius 3 is 2.70 bits per heavy atom. The van der Waals surface area contributed by atoms with E-state index in [1.165, 1.54) is 6.07 Å². The van der Waals surface area contributed by atoms with Crippen LogP contribution in [0.25, 0.3) is 0 Å². The fraction of sp³-hybridized carbons (Fsp3) is 0.571. The van der Waals surface area contributed by atoms with Crippen LogP contribution in [0.3, 0.4) is 0 Å². The van der Waals surface area contributed by atoms with Crippen molar-refractivity contribution in [3.05, 3.63) is 23.8 Å². The van der Waals surface area contributed by atoms with Crippen LogP contribution in [0.5, 0.6) is 5.88 Å². The second kappa shape index (κ2) is 6.43. The number of aryl methyl sites for hydroxylation is 2. The van der Waals surface area contributed by atoms with Crippen LogP contribution in [-0.2, 0) is 0 Å². The van der Waals surface area contributed by atoms with Gasteiger partial charge in [-0.15, -0.1) is 10.2 Å². The first-order valence-electron chi connectivity index (χ1n) is 7.46. The zero-order valence-corrected chi connectivity index (χ0v) is 13.0. The van der Waals surface area contributed by atoms with Gasteiger partial charge in [0.05, 0.1) is 6.04 Å². The number of anilines is 1. The molecule has 0 N–H and O–H groups in total. The van der Waals surface area contributed by atoms with E-state index in [2.05, 4.69) is 29.9 Å². The molecule has 3 heterocycles. The summed E-state index contributed by atoms with van der Waals surface area (Å²) in [5, 5.41) is 12.1. The lowest BCUT2D eigenvalue weighted by Crippen LogP contribution is -2.37.